The molecule has 4 nitrogen and oxygen atoms in total. The Morgan fingerprint density at radius 2 is 1.56 bits per heavy atom. The third-order valence-electron chi connectivity index (χ3n) is 5.19. The standard InChI is InChI=1S/C22H37ClO3.H3N/c1-4-5-6-7-8-9-10-11-12-13-14-18(22(2,3)23)15-19-16-20(24)21(25)17-26-19;/h16-18,25H,4-15H2,1-3H3;1H3. The fourth-order valence-electron chi connectivity index (χ4n) is 3.36. The highest BCUT2D eigenvalue weighted by molar-refractivity contribution is 6.23. The van der Waals surface area contributed by atoms with Crippen molar-refractivity contribution in [3.63, 3.8) is 0 Å². The second-order valence-electron chi connectivity index (χ2n) is 8.03. The van der Waals surface area contributed by atoms with E-state index in [9.17, 15) is 9.90 Å². The molecule has 27 heavy (non-hydrogen) atoms. The molecule has 5 heteroatoms. The van der Waals surface area contributed by atoms with E-state index < -0.39 is 5.43 Å². The van der Waals surface area contributed by atoms with Gasteiger partial charge in [0, 0.05) is 17.4 Å². The molecule has 0 amide bonds. The largest absolute Gasteiger partial charge is 0.502 e. The van der Waals surface area contributed by atoms with Crippen molar-refractivity contribution in [1.29, 1.82) is 0 Å². The predicted molar refractivity (Wildman–Crippen MR) is 115 cm³/mol. The number of rotatable bonds is 14. The molecule has 1 rings (SSSR count). The monoisotopic (exact) mass is 401 g/mol. The van der Waals surface area contributed by atoms with E-state index in [4.69, 9.17) is 16.0 Å². The lowest BCUT2D eigenvalue weighted by molar-refractivity contribution is 0.331. The molecule has 4 N–H and O–H groups in total. The van der Waals surface area contributed by atoms with Gasteiger partial charge < -0.3 is 15.7 Å². The van der Waals surface area contributed by atoms with Crippen LogP contribution >= 0.6 is 11.6 Å². The van der Waals surface area contributed by atoms with Crippen molar-refractivity contribution in [2.45, 2.75) is 103 Å². The first-order valence-corrected chi connectivity index (χ1v) is 10.7. The molecule has 0 aliphatic rings. The third-order valence-corrected chi connectivity index (χ3v) is 5.50. The summed E-state index contributed by atoms with van der Waals surface area (Å²) in [4.78, 5) is 11.2. The fourth-order valence-corrected chi connectivity index (χ4v) is 3.55. The van der Waals surface area contributed by atoms with Gasteiger partial charge in [0.2, 0.25) is 5.43 Å². The van der Waals surface area contributed by atoms with Gasteiger partial charge in [0.1, 0.15) is 12.0 Å². The van der Waals surface area contributed by atoms with Crippen LogP contribution in [0.25, 0.3) is 0 Å². The van der Waals surface area contributed by atoms with Gasteiger partial charge in [-0.3, -0.25) is 4.79 Å². The molecule has 0 radical (unpaired) electrons. The smallest absolute Gasteiger partial charge is 0.226 e. The Bertz CT molecular complexity index is 551. The van der Waals surface area contributed by atoms with E-state index in [1.807, 2.05) is 13.8 Å². The summed E-state index contributed by atoms with van der Waals surface area (Å²) in [6, 6.07) is 1.38. The molecule has 0 bridgehead atoms. The maximum absolute atomic E-state index is 11.6. The molecule has 1 atom stereocenters. The van der Waals surface area contributed by atoms with Crippen molar-refractivity contribution in [3.8, 4) is 5.75 Å². The minimum Gasteiger partial charge on any atom is -0.502 e. The van der Waals surface area contributed by atoms with Gasteiger partial charge in [0.05, 0.1) is 0 Å². The Morgan fingerprint density at radius 1 is 1.04 bits per heavy atom. The van der Waals surface area contributed by atoms with E-state index in [2.05, 4.69) is 6.92 Å². The van der Waals surface area contributed by atoms with Crippen LogP contribution in [0.15, 0.2) is 21.5 Å². The van der Waals surface area contributed by atoms with Crippen LogP contribution < -0.4 is 11.6 Å². The molecule has 1 unspecified atom stereocenters. The zero-order valence-electron chi connectivity index (χ0n) is 17.6. The summed E-state index contributed by atoms with van der Waals surface area (Å²) < 4.78 is 5.36. The third kappa shape index (κ3) is 11.4. The first-order valence-electron chi connectivity index (χ1n) is 10.3. The first-order chi connectivity index (χ1) is 12.3. The molecule has 1 aromatic heterocycles. The zero-order chi connectivity index (χ0) is 19.4. The van der Waals surface area contributed by atoms with E-state index in [0.717, 1.165) is 19.1 Å². The number of unbranched alkanes of at least 4 members (excludes halogenated alkanes) is 9. The molecule has 0 saturated carbocycles. The SMILES string of the molecule is CCCCCCCCCCCCC(Cc1cc(=O)c(O)co1)C(C)(C)Cl.N. The van der Waals surface area contributed by atoms with Crippen molar-refractivity contribution >= 4 is 11.6 Å². The summed E-state index contributed by atoms with van der Waals surface area (Å²) in [7, 11) is 0. The first kappa shape index (κ1) is 26.0. The van der Waals surface area contributed by atoms with Gasteiger partial charge >= 0.3 is 0 Å². The summed E-state index contributed by atoms with van der Waals surface area (Å²) in [5.74, 6) is 0.495. The van der Waals surface area contributed by atoms with Crippen LogP contribution in [0, 0.1) is 5.92 Å². The zero-order valence-corrected chi connectivity index (χ0v) is 18.3. The van der Waals surface area contributed by atoms with E-state index in [0.29, 0.717) is 12.2 Å². The molecule has 0 saturated heterocycles. The molecule has 0 aromatic carbocycles. The van der Waals surface area contributed by atoms with Crippen LogP contribution in [0.1, 0.15) is 97.2 Å². The van der Waals surface area contributed by atoms with Gasteiger partial charge in [-0.25, -0.2) is 0 Å². The number of alkyl halides is 1. The van der Waals surface area contributed by atoms with Gasteiger partial charge in [-0.15, -0.1) is 11.6 Å². The summed E-state index contributed by atoms with van der Waals surface area (Å²) in [5, 5.41) is 9.31. The van der Waals surface area contributed by atoms with Gasteiger partial charge in [0.15, 0.2) is 5.75 Å². The number of halogens is 1. The lowest BCUT2D eigenvalue weighted by atomic mass is 9.85. The van der Waals surface area contributed by atoms with E-state index in [-0.39, 0.29) is 22.7 Å². The Labute approximate surface area is 170 Å². The van der Waals surface area contributed by atoms with E-state index >= 15 is 0 Å². The van der Waals surface area contributed by atoms with Crippen LogP contribution in [0.2, 0.25) is 0 Å². The number of hydrogen-bond donors (Lipinski definition) is 2. The highest BCUT2D eigenvalue weighted by atomic mass is 35.5. The van der Waals surface area contributed by atoms with Crippen molar-refractivity contribution in [3.05, 3.63) is 28.3 Å². The topological polar surface area (TPSA) is 85.4 Å². The molecule has 1 aromatic rings. The minimum absolute atomic E-state index is 0. The maximum atomic E-state index is 11.6. The summed E-state index contributed by atoms with van der Waals surface area (Å²) >= 11 is 6.57. The molecular formula is C22H40ClNO3. The van der Waals surface area contributed by atoms with Gasteiger partial charge in [-0.1, -0.05) is 71.1 Å². The summed E-state index contributed by atoms with van der Waals surface area (Å²) in [6.45, 7) is 6.30. The van der Waals surface area contributed by atoms with Crippen LogP contribution in [0.3, 0.4) is 0 Å². The van der Waals surface area contributed by atoms with Crippen molar-refractivity contribution in [2.75, 3.05) is 0 Å². The molecular weight excluding hydrogens is 362 g/mol. The second kappa shape index (κ2) is 14.1. The van der Waals surface area contributed by atoms with Crippen LogP contribution in [0.5, 0.6) is 5.75 Å². The highest BCUT2D eigenvalue weighted by Crippen LogP contribution is 2.32. The summed E-state index contributed by atoms with van der Waals surface area (Å²) in [6.07, 6.45) is 16.0. The average Bonchev–Trinajstić information content (AvgIpc) is 2.57. The maximum Gasteiger partial charge on any atom is 0.226 e. The molecule has 0 aliphatic heterocycles. The predicted octanol–water partition coefficient (Wildman–Crippen LogP) is 6.99. The second-order valence-corrected chi connectivity index (χ2v) is 9.01. The average molecular weight is 402 g/mol. The Morgan fingerprint density at radius 3 is 2.04 bits per heavy atom. The van der Waals surface area contributed by atoms with E-state index in [1.54, 1.807) is 0 Å². The van der Waals surface area contributed by atoms with Crippen molar-refractivity contribution in [1.82, 2.24) is 6.15 Å². The van der Waals surface area contributed by atoms with Crippen molar-refractivity contribution in [2.24, 2.45) is 5.92 Å². The van der Waals surface area contributed by atoms with E-state index in [1.165, 1.54) is 63.9 Å². The normalized spacial score (nSPS) is 12.6. The molecule has 158 valence electrons. The van der Waals surface area contributed by atoms with Crippen LogP contribution in [0.4, 0.5) is 0 Å². The van der Waals surface area contributed by atoms with Crippen LogP contribution in [-0.2, 0) is 6.42 Å². The Kier molecular flexibility index (Phi) is 13.5. The summed E-state index contributed by atoms with van der Waals surface area (Å²) in [5.41, 5.74) is -0.392. The molecule has 0 aliphatic carbocycles. The minimum atomic E-state index is -0.392. The lowest BCUT2D eigenvalue weighted by Gasteiger charge is -2.28. The molecule has 0 fully saturated rings. The Balaban J connectivity index is 0.00000676. The molecule has 1 heterocycles. The van der Waals surface area contributed by atoms with Crippen LogP contribution in [-0.4, -0.2) is 9.98 Å². The fraction of sp³-hybridized carbons (Fsp3) is 0.773. The number of hydrogen-bond acceptors (Lipinski definition) is 4. The van der Waals surface area contributed by atoms with Gasteiger partial charge in [-0.05, 0) is 26.2 Å². The Hall–Kier alpha value is -1.00. The van der Waals surface area contributed by atoms with Gasteiger partial charge in [0.25, 0.3) is 0 Å². The highest BCUT2D eigenvalue weighted by Gasteiger charge is 2.27. The quantitative estimate of drug-likeness (QED) is 0.259. The van der Waals surface area contributed by atoms with Crippen molar-refractivity contribution < 1.29 is 9.52 Å². The number of aromatic hydroxyl groups is 1. The lowest BCUT2D eigenvalue weighted by Crippen LogP contribution is -2.27. The van der Waals surface area contributed by atoms with Gasteiger partial charge in [-0.2, -0.15) is 0 Å². The molecule has 0 spiro atoms.